The van der Waals surface area contributed by atoms with Gasteiger partial charge in [-0.15, -0.1) is 0 Å². The number of hydrogen-bond donors (Lipinski definition) is 2. The molecular weight excluding hydrogens is 305 g/mol. The molecule has 2 aromatic rings. The van der Waals surface area contributed by atoms with Crippen LogP contribution in [-0.2, 0) is 4.79 Å². The van der Waals surface area contributed by atoms with Crippen molar-refractivity contribution in [3.05, 3.63) is 53.8 Å². The Morgan fingerprint density at radius 2 is 2.00 bits per heavy atom. The van der Waals surface area contributed by atoms with Crippen LogP contribution in [0.1, 0.15) is 18.4 Å². The van der Waals surface area contributed by atoms with Crippen molar-refractivity contribution >= 4 is 11.6 Å². The largest absolute Gasteiger partial charge is 0.326 e. The van der Waals surface area contributed by atoms with Crippen molar-refractivity contribution in [1.82, 2.24) is 5.32 Å². The highest BCUT2D eigenvalue weighted by Crippen LogP contribution is 2.30. The predicted molar refractivity (Wildman–Crippen MR) is 90.5 cm³/mol. The van der Waals surface area contributed by atoms with Crippen molar-refractivity contribution in [3.63, 3.8) is 0 Å². The number of benzene rings is 2. The van der Waals surface area contributed by atoms with Gasteiger partial charge in [0, 0.05) is 23.2 Å². The Morgan fingerprint density at radius 3 is 2.71 bits per heavy atom. The number of anilines is 1. The molecule has 0 bridgehead atoms. The summed E-state index contributed by atoms with van der Waals surface area (Å²) in [6, 6.07) is 12.2. The normalized spacial score (nSPS) is 19.0. The van der Waals surface area contributed by atoms with Gasteiger partial charge in [-0.3, -0.25) is 4.79 Å². The highest BCUT2D eigenvalue weighted by molar-refractivity contribution is 5.94. The first-order valence-corrected chi connectivity index (χ1v) is 7.89. The maximum atomic E-state index is 14.0. The number of carbonyl (C=O) groups is 1. The molecule has 1 fully saturated rings. The van der Waals surface area contributed by atoms with Gasteiger partial charge in [-0.1, -0.05) is 24.3 Å². The fraction of sp³-hybridized carbons (Fsp3) is 0.263. The van der Waals surface area contributed by atoms with E-state index in [0.717, 1.165) is 11.1 Å². The maximum Gasteiger partial charge on any atom is 0.227 e. The number of nitriles is 1. The molecule has 1 aliphatic rings. The quantitative estimate of drug-likeness (QED) is 0.667. The van der Waals surface area contributed by atoms with E-state index in [-0.39, 0.29) is 23.7 Å². The standard InChI is InChI=1S/C19H18FN3O/c1-12-6-13(17-4-2-3-5-18(17)20)8-16(7-12)23-19(24)14-9-15(10-14)22-11-21/h2-8,14-15,22H,9-10H2,1H3,(H,23,24). The van der Waals surface area contributed by atoms with Crippen LogP contribution < -0.4 is 10.6 Å². The second-order valence-electron chi connectivity index (χ2n) is 6.18. The number of amides is 1. The van der Waals surface area contributed by atoms with E-state index in [1.807, 2.05) is 25.2 Å². The first-order chi connectivity index (χ1) is 11.6. The van der Waals surface area contributed by atoms with E-state index in [2.05, 4.69) is 10.6 Å². The van der Waals surface area contributed by atoms with Crippen molar-refractivity contribution in [2.75, 3.05) is 5.32 Å². The van der Waals surface area contributed by atoms with Gasteiger partial charge in [0.05, 0.1) is 0 Å². The lowest BCUT2D eigenvalue weighted by atomic mass is 9.79. The van der Waals surface area contributed by atoms with Crippen LogP contribution in [0, 0.1) is 30.1 Å². The first kappa shape index (κ1) is 16.0. The molecule has 1 saturated carbocycles. The van der Waals surface area contributed by atoms with Gasteiger partial charge in [0.15, 0.2) is 6.19 Å². The maximum absolute atomic E-state index is 14.0. The molecule has 0 unspecified atom stereocenters. The number of nitrogens with one attached hydrogen (secondary N) is 2. The van der Waals surface area contributed by atoms with Crippen molar-refractivity contribution in [3.8, 4) is 17.3 Å². The summed E-state index contributed by atoms with van der Waals surface area (Å²) in [4.78, 5) is 12.3. The molecule has 0 atom stereocenters. The van der Waals surface area contributed by atoms with Crippen LogP contribution in [0.15, 0.2) is 42.5 Å². The minimum absolute atomic E-state index is 0.0592. The molecular formula is C19H18FN3O. The van der Waals surface area contributed by atoms with Crippen LogP contribution in [0.5, 0.6) is 0 Å². The molecule has 5 heteroatoms. The smallest absolute Gasteiger partial charge is 0.227 e. The Kier molecular flexibility index (Phi) is 4.48. The van der Waals surface area contributed by atoms with E-state index in [1.54, 1.807) is 24.3 Å². The Balaban J connectivity index is 1.74. The zero-order chi connectivity index (χ0) is 17.1. The third-order valence-corrected chi connectivity index (χ3v) is 4.31. The summed E-state index contributed by atoms with van der Waals surface area (Å²) < 4.78 is 14.0. The van der Waals surface area contributed by atoms with E-state index in [0.29, 0.717) is 24.1 Å². The Bertz CT molecular complexity index is 806. The van der Waals surface area contributed by atoms with E-state index in [9.17, 15) is 9.18 Å². The second-order valence-corrected chi connectivity index (χ2v) is 6.18. The number of nitrogens with zero attached hydrogens (tertiary/aromatic N) is 1. The second kappa shape index (κ2) is 6.71. The summed E-state index contributed by atoms with van der Waals surface area (Å²) in [5.41, 5.74) is 2.86. The molecule has 4 nitrogen and oxygen atoms in total. The van der Waals surface area contributed by atoms with Crippen LogP contribution in [0.4, 0.5) is 10.1 Å². The molecule has 0 aromatic heterocycles. The topological polar surface area (TPSA) is 64.9 Å². The van der Waals surface area contributed by atoms with Gasteiger partial charge >= 0.3 is 0 Å². The molecule has 0 heterocycles. The number of aryl methyl sites for hydroxylation is 1. The summed E-state index contributed by atoms with van der Waals surface area (Å²) in [7, 11) is 0. The monoisotopic (exact) mass is 323 g/mol. The Labute approximate surface area is 140 Å². The SMILES string of the molecule is Cc1cc(NC(=O)C2CC(NC#N)C2)cc(-c2ccccc2F)c1. The molecule has 1 aliphatic carbocycles. The van der Waals surface area contributed by atoms with Gasteiger partial charge in [-0.2, -0.15) is 5.26 Å². The number of hydrogen-bond acceptors (Lipinski definition) is 3. The molecule has 1 amide bonds. The summed E-state index contributed by atoms with van der Waals surface area (Å²) in [6.07, 6.45) is 3.22. The minimum atomic E-state index is -0.287. The van der Waals surface area contributed by atoms with Gasteiger partial charge in [0.25, 0.3) is 0 Å². The predicted octanol–water partition coefficient (Wildman–Crippen LogP) is 3.59. The summed E-state index contributed by atoms with van der Waals surface area (Å²) >= 11 is 0. The van der Waals surface area contributed by atoms with Crippen LogP contribution in [0.2, 0.25) is 0 Å². The zero-order valence-electron chi connectivity index (χ0n) is 13.3. The number of rotatable bonds is 4. The molecule has 0 aliphatic heterocycles. The van der Waals surface area contributed by atoms with Gasteiger partial charge in [-0.05, 0) is 49.1 Å². The van der Waals surface area contributed by atoms with Crippen LogP contribution in [0.25, 0.3) is 11.1 Å². The molecule has 122 valence electrons. The Hall–Kier alpha value is -2.87. The molecule has 2 aromatic carbocycles. The lowest BCUT2D eigenvalue weighted by Crippen LogP contribution is -2.44. The molecule has 0 spiro atoms. The molecule has 24 heavy (non-hydrogen) atoms. The molecule has 0 radical (unpaired) electrons. The lowest BCUT2D eigenvalue weighted by Gasteiger charge is -2.33. The highest BCUT2D eigenvalue weighted by Gasteiger charge is 2.34. The van der Waals surface area contributed by atoms with E-state index in [1.165, 1.54) is 6.07 Å². The average molecular weight is 323 g/mol. The van der Waals surface area contributed by atoms with E-state index < -0.39 is 0 Å². The van der Waals surface area contributed by atoms with Crippen molar-refractivity contribution < 1.29 is 9.18 Å². The van der Waals surface area contributed by atoms with Crippen LogP contribution in [0.3, 0.4) is 0 Å². The fourth-order valence-electron chi connectivity index (χ4n) is 2.99. The van der Waals surface area contributed by atoms with Gasteiger partial charge in [-0.25, -0.2) is 4.39 Å². The van der Waals surface area contributed by atoms with Crippen molar-refractivity contribution in [2.24, 2.45) is 5.92 Å². The van der Waals surface area contributed by atoms with Gasteiger partial charge < -0.3 is 10.6 Å². The van der Waals surface area contributed by atoms with E-state index in [4.69, 9.17) is 5.26 Å². The molecule has 2 N–H and O–H groups in total. The summed E-state index contributed by atoms with van der Waals surface area (Å²) in [6.45, 7) is 1.91. The summed E-state index contributed by atoms with van der Waals surface area (Å²) in [5, 5.41) is 14.1. The van der Waals surface area contributed by atoms with Crippen LogP contribution >= 0.6 is 0 Å². The average Bonchev–Trinajstić information content (AvgIpc) is 2.50. The number of carbonyl (C=O) groups excluding carboxylic acids is 1. The third-order valence-electron chi connectivity index (χ3n) is 4.31. The van der Waals surface area contributed by atoms with Crippen LogP contribution in [-0.4, -0.2) is 11.9 Å². The van der Waals surface area contributed by atoms with Gasteiger partial charge in [0.2, 0.25) is 5.91 Å². The van der Waals surface area contributed by atoms with Crippen molar-refractivity contribution in [1.29, 1.82) is 5.26 Å². The zero-order valence-corrected chi connectivity index (χ0v) is 13.3. The lowest BCUT2D eigenvalue weighted by molar-refractivity contribution is -0.122. The van der Waals surface area contributed by atoms with Gasteiger partial charge in [0.1, 0.15) is 5.82 Å². The number of halogens is 1. The third kappa shape index (κ3) is 3.38. The minimum Gasteiger partial charge on any atom is -0.326 e. The highest BCUT2D eigenvalue weighted by atomic mass is 19.1. The first-order valence-electron chi connectivity index (χ1n) is 7.89. The Morgan fingerprint density at radius 1 is 1.25 bits per heavy atom. The summed E-state index contributed by atoms with van der Waals surface area (Å²) in [5.74, 6) is -0.436. The van der Waals surface area contributed by atoms with Crippen molar-refractivity contribution in [2.45, 2.75) is 25.8 Å². The fourth-order valence-corrected chi connectivity index (χ4v) is 2.99. The molecule has 3 rings (SSSR count). The molecule has 0 saturated heterocycles. The van der Waals surface area contributed by atoms with E-state index >= 15 is 0 Å².